The molecule has 1 saturated carbocycles. The Balaban J connectivity index is 1.72. The van der Waals surface area contributed by atoms with Gasteiger partial charge in [-0.05, 0) is 26.7 Å². The number of rotatable bonds is 4. The molecule has 0 bridgehead atoms. The van der Waals surface area contributed by atoms with Gasteiger partial charge in [-0.25, -0.2) is 0 Å². The Hall–Kier alpha value is -1.10. The molecule has 5 heteroatoms. The van der Waals surface area contributed by atoms with E-state index >= 15 is 0 Å². The molecule has 1 saturated heterocycles. The summed E-state index contributed by atoms with van der Waals surface area (Å²) in [6, 6.07) is 0.188. The largest absolute Gasteiger partial charge is 0.353 e. The Morgan fingerprint density at radius 3 is 2.25 bits per heavy atom. The van der Waals surface area contributed by atoms with Crippen LogP contribution in [0.5, 0.6) is 0 Å². The first-order valence-electron chi connectivity index (χ1n) is 7.87. The molecule has 20 heavy (non-hydrogen) atoms. The van der Waals surface area contributed by atoms with Crippen molar-refractivity contribution >= 4 is 11.8 Å². The minimum absolute atomic E-state index is 0.0792. The molecular formula is C15H27N3O2. The van der Waals surface area contributed by atoms with Crippen LogP contribution >= 0.6 is 0 Å². The first-order chi connectivity index (χ1) is 9.56. The molecule has 0 radical (unpaired) electrons. The van der Waals surface area contributed by atoms with Gasteiger partial charge >= 0.3 is 0 Å². The van der Waals surface area contributed by atoms with Gasteiger partial charge in [-0.1, -0.05) is 12.8 Å². The molecule has 1 heterocycles. The Labute approximate surface area is 121 Å². The van der Waals surface area contributed by atoms with Crippen LogP contribution in [0.1, 0.15) is 39.5 Å². The van der Waals surface area contributed by atoms with Crippen molar-refractivity contribution in [3.05, 3.63) is 0 Å². The summed E-state index contributed by atoms with van der Waals surface area (Å²) in [5.74, 6) is 0.690. The molecule has 2 aliphatic rings. The van der Waals surface area contributed by atoms with Gasteiger partial charge in [0.2, 0.25) is 11.8 Å². The Morgan fingerprint density at radius 1 is 1.10 bits per heavy atom. The lowest BCUT2D eigenvalue weighted by Crippen LogP contribution is -2.52. The van der Waals surface area contributed by atoms with E-state index in [2.05, 4.69) is 10.2 Å². The summed E-state index contributed by atoms with van der Waals surface area (Å²) in [6.45, 7) is 7.54. The maximum atomic E-state index is 12.3. The van der Waals surface area contributed by atoms with Crippen LogP contribution in [-0.2, 0) is 9.59 Å². The number of nitrogens with zero attached hydrogens (tertiary/aromatic N) is 2. The third-order valence-electron chi connectivity index (χ3n) is 4.21. The highest BCUT2D eigenvalue weighted by Gasteiger charge is 2.29. The van der Waals surface area contributed by atoms with Crippen molar-refractivity contribution in [1.82, 2.24) is 15.1 Å². The normalized spacial score (nSPS) is 21.4. The summed E-state index contributed by atoms with van der Waals surface area (Å²) >= 11 is 0. The maximum Gasteiger partial charge on any atom is 0.234 e. The third-order valence-corrected chi connectivity index (χ3v) is 4.21. The van der Waals surface area contributed by atoms with E-state index in [1.165, 1.54) is 12.8 Å². The molecule has 5 nitrogen and oxygen atoms in total. The zero-order chi connectivity index (χ0) is 14.5. The predicted molar refractivity (Wildman–Crippen MR) is 78.3 cm³/mol. The summed E-state index contributed by atoms with van der Waals surface area (Å²) in [7, 11) is 0. The molecule has 0 spiro atoms. The van der Waals surface area contributed by atoms with Gasteiger partial charge < -0.3 is 10.2 Å². The number of hydrogen-bond donors (Lipinski definition) is 1. The average molecular weight is 281 g/mol. The Bertz CT molecular complexity index is 343. The predicted octanol–water partition coefficient (Wildman–Crippen LogP) is 0.845. The van der Waals surface area contributed by atoms with Gasteiger partial charge in [0.25, 0.3) is 0 Å². The van der Waals surface area contributed by atoms with Crippen molar-refractivity contribution in [1.29, 1.82) is 0 Å². The standard InChI is InChI=1S/C15H27N3O2/c1-12(2)16-14(19)11-17-7-9-18(10-8-17)15(20)13-5-3-4-6-13/h12-13H,3-11H2,1-2H3,(H,16,19). The fourth-order valence-corrected chi connectivity index (χ4v) is 3.13. The number of nitrogens with one attached hydrogen (secondary N) is 1. The van der Waals surface area contributed by atoms with E-state index in [0.29, 0.717) is 12.5 Å². The fourth-order valence-electron chi connectivity index (χ4n) is 3.13. The first kappa shape index (κ1) is 15.3. The van der Waals surface area contributed by atoms with E-state index in [4.69, 9.17) is 0 Å². The smallest absolute Gasteiger partial charge is 0.234 e. The number of piperazine rings is 1. The Morgan fingerprint density at radius 2 is 1.70 bits per heavy atom. The van der Waals surface area contributed by atoms with E-state index in [1.54, 1.807) is 0 Å². The van der Waals surface area contributed by atoms with Crippen molar-refractivity contribution in [2.75, 3.05) is 32.7 Å². The van der Waals surface area contributed by atoms with E-state index in [-0.39, 0.29) is 17.9 Å². The van der Waals surface area contributed by atoms with Crippen LogP contribution in [0, 0.1) is 5.92 Å². The minimum atomic E-state index is 0.0792. The van der Waals surface area contributed by atoms with Crippen LogP contribution in [0.15, 0.2) is 0 Å². The van der Waals surface area contributed by atoms with Gasteiger partial charge in [-0.15, -0.1) is 0 Å². The van der Waals surface area contributed by atoms with Crippen molar-refractivity contribution in [2.45, 2.75) is 45.6 Å². The van der Waals surface area contributed by atoms with E-state index in [0.717, 1.165) is 39.0 Å². The highest BCUT2D eigenvalue weighted by Crippen LogP contribution is 2.26. The lowest BCUT2D eigenvalue weighted by Gasteiger charge is -2.35. The van der Waals surface area contributed by atoms with Gasteiger partial charge in [-0.2, -0.15) is 0 Å². The van der Waals surface area contributed by atoms with Crippen LogP contribution in [0.4, 0.5) is 0 Å². The molecule has 114 valence electrons. The quantitative estimate of drug-likeness (QED) is 0.831. The van der Waals surface area contributed by atoms with Crippen molar-refractivity contribution in [2.24, 2.45) is 5.92 Å². The topological polar surface area (TPSA) is 52.7 Å². The number of hydrogen-bond acceptors (Lipinski definition) is 3. The van der Waals surface area contributed by atoms with Gasteiger partial charge in [0, 0.05) is 38.1 Å². The Kier molecular flexibility index (Phi) is 5.40. The monoisotopic (exact) mass is 281 g/mol. The highest BCUT2D eigenvalue weighted by molar-refractivity contribution is 5.79. The van der Waals surface area contributed by atoms with Crippen LogP contribution in [0.3, 0.4) is 0 Å². The van der Waals surface area contributed by atoms with Gasteiger partial charge in [-0.3, -0.25) is 14.5 Å². The maximum absolute atomic E-state index is 12.3. The molecule has 1 aliphatic carbocycles. The summed E-state index contributed by atoms with van der Waals surface area (Å²) in [5.41, 5.74) is 0. The molecule has 2 rings (SSSR count). The third kappa shape index (κ3) is 4.20. The highest BCUT2D eigenvalue weighted by atomic mass is 16.2. The molecule has 0 atom stereocenters. The molecular weight excluding hydrogens is 254 g/mol. The van der Waals surface area contributed by atoms with E-state index in [1.807, 2.05) is 18.7 Å². The number of carbonyl (C=O) groups is 2. The lowest BCUT2D eigenvalue weighted by atomic mass is 10.1. The molecule has 2 amide bonds. The van der Waals surface area contributed by atoms with E-state index in [9.17, 15) is 9.59 Å². The average Bonchev–Trinajstić information content (AvgIpc) is 2.91. The second-order valence-electron chi connectivity index (χ2n) is 6.31. The molecule has 1 aliphatic heterocycles. The second-order valence-corrected chi connectivity index (χ2v) is 6.31. The molecule has 1 N–H and O–H groups in total. The number of carbonyl (C=O) groups excluding carboxylic acids is 2. The molecule has 2 fully saturated rings. The van der Waals surface area contributed by atoms with Gasteiger partial charge in [0.1, 0.15) is 0 Å². The summed E-state index contributed by atoms with van der Waals surface area (Å²) < 4.78 is 0. The molecule has 0 aromatic heterocycles. The first-order valence-corrected chi connectivity index (χ1v) is 7.87. The van der Waals surface area contributed by atoms with Crippen LogP contribution in [0.2, 0.25) is 0 Å². The molecule has 0 unspecified atom stereocenters. The zero-order valence-electron chi connectivity index (χ0n) is 12.7. The number of amides is 2. The minimum Gasteiger partial charge on any atom is -0.353 e. The van der Waals surface area contributed by atoms with Crippen molar-refractivity contribution in [3.8, 4) is 0 Å². The van der Waals surface area contributed by atoms with Crippen LogP contribution in [-0.4, -0.2) is 60.4 Å². The van der Waals surface area contributed by atoms with Crippen LogP contribution < -0.4 is 5.32 Å². The summed E-state index contributed by atoms with van der Waals surface area (Å²) in [4.78, 5) is 28.1. The van der Waals surface area contributed by atoms with Crippen molar-refractivity contribution in [3.63, 3.8) is 0 Å². The van der Waals surface area contributed by atoms with E-state index < -0.39 is 0 Å². The molecule has 0 aromatic carbocycles. The molecule has 0 aromatic rings. The second kappa shape index (κ2) is 7.07. The summed E-state index contributed by atoms with van der Waals surface area (Å²) in [6.07, 6.45) is 4.53. The van der Waals surface area contributed by atoms with Crippen LogP contribution in [0.25, 0.3) is 0 Å². The lowest BCUT2D eigenvalue weighted by molar-refractivity contribution is -0.137. The summed E-state index contributed by atoms with van der Waals surface area (Å²) in [5, 5.41) is 2.91. The SMILES string of the molecule is CC(C)NC(=O)CN1CCN(C(=O)C2CCCC2)CC1. The fraction of sp³-hybridized carbons (Fsp3) is 0.867. The zero-order valence-corrected chi connectivity index (χ0v) is 12.7. The van der Waals surface area contributed by atoms with Gasteiger partial charge in [0.15, 0.2) is 0 Å². The van der Waals surface area contributed by atoms with Gasteiger partial charge in [0.05, 0.1) is 6.54 Å². The van der Waals surface area contributed by atoms with Crippen molar-refractivity contribution < 1.29 is 9.59 Å².